The van der Waals surface area contributed by atoms with Crippen molar-refractivity contribution in [3.63, 3.8) is 0 Å². The van der Waals surface area contributed by atoms with Gasteiger partial charge in [0.05, 0.1) is 5.52 Å². The van der Waals surface area contributed by atoms with E-state index in [1.54, 1.807) is 53.7 Å². The van der Waals surface area contributed by atoms with Crippen LogP contribution in [0.2, 0.25) is 0 Å². The normalized spacial score (nSPS) is 11.9. The SMILES string of the molecule is CC(C)(C)OC(=O)Nc1nn(C(=O)OC(C)(C)C)c2ccc(C=O)cc12. The number of rotatable bonds is 2. The highest BCUT2D eigenvalue weighted by Crippen LogP contribution is 2.25. The molecular weight excluding hydrogens is 338 g/mol. The first-order chi connectivity index (χ1) is 11.9. The number of amides is 1. The Labute approximate surface area is 151 Å². The number of hydrogen-bond donors (Lipinski definition) is 1. The van der Waals surface area contributed by atoms with Gasteiger partial charge in [0.25, 0.3) is 0 Å². The molecule has 1 amide bonds. The largest absolute Gasteiger partial charge is 0.444 e. The molecule has 0 atom stereocenters. The molecule has 8 nitrogen and oxygen atoms in total. The number of aldehydes is 1. The van der Waals surface area contributed by atoms with E-state index in [0.717, 1.165) is 4.68 Å². The molecule has 0 spiro atoms. The van der Waals surface area contributed by atoms with Crippen molar-refractivity contribution in [3.05, 3.63) is 23.8 Å². The van der Waals surface area contributed by atoms with Crippen molar-refractivity contribution >= 4 is 35.2 Å². The summed E-state index contributed by atoms with van der Waals surface area (Å²) in [6.45, 7) is 10.4. The molecule has 0 aliphatic rings. The van der Waals surface area contributed by atoms with E-state index in [1.165, 1.54) is 6.07 Å². The molecule has 0 radical (unpaired) electrons. The van der Waals surface area contributed by atoms with E-state index in [1.807, 2.05) is 0 Å². The lowest BCUT2D eigenvalue weighted by Crippen LogP contribution is -2.28. The number of anilines is 1. The predicted molar refractivity (Wildman–Crippen MR) is 96.6 cm³/mol. The number of nitrogens with zero attached hydrogens (tertiary/aromatic N) is 2. The zero-order chi connectivity index (χ0) is 19.7. The molecule has 8 heteroatoms. The van der Waals surface area contributed by atoms with Crippen molar-refractivity contribution in [1.29, 1.82) is 0 Å². The van der Waals surface area contributed by atoms with Gasteiger partial charge in [-0.2, -0.15) is 4.68 Å². The lowest BCUT2D eigenvalue weighted by molar-refractivity contribution is 0.0520. The molecule has 0 fully saturated rings. The van der Waals surface area contributed by atoms with E-state index in [-0.39, 0.29) is 5.82 Å². The Hall–Kier alpha value is -2.90. The molecule has 0 bridgehead atoms. The van der Waals surface area contributed by atoms with Crippen molar-refractivity contribution in [2.24, 2.45) is 0 Å². The Morgan fingerprint density at radius 3 is 2.23 bits per heavy atom. The van der Waals surface area contributed by atoms with Gasteiger partial charge in [0.2, 0.25) is 0 Å². The van der Waals surface area contributed by atoms with Crippen LogP contribution in [0.1, 0.15) is 51.9 Å². The average molecular weight is 361 g/mol. The van der Waals surface area contributed by atoms with Gasteiger partial charge in [-0.3, -0.25) is 10.1 Å². The molecule has 0 saturated carbocycles. The lowest BCUT2D eigenvalue weighted by atomic mass is 10.1. The zero-order valence-corrected chi connectivity index (χ0v) is 15.7. The van der Waals surface area contributed by atoms with Crippen LogP contribution >= 0.6 is 0 Å². The first-order valence-electron chi connectivity index (χ1n) is 8.11. The van der Waals surface area contributed by atoms with Crippen LogP contribution in [0.5, 0.6) is 0 Å². The summed E-state index contributed by atoms with van der Waals surface area (Å²) < 4.78 is 11.6. The van der Waals surface area contributed by atoms with Gasteiger partial charge in [-0.1, -0.05) is 0 Å². The fourth-order valence-corrected chi connectivity index (χ4v) is 2.15. The van der Waals surface area contributed by atoms with Gasteiger partial charge in [-0.25, -0.2) is 9.59 Å². The molecule has 2 aromatic rings. The second kappa shape index (κ2) is 6.78. The first kappa shape index (κ1) is 19.4. The summed E-state index contributed by atoms with van der Waals surface area (Å²) in [5.41, 5.74) is -0.623. The molecule has 140 valence electrons. The summed E-state index contributed by atoms with van der Waals surface area (Å²) in [5.74, 6) is 0.101. The van der Waals surface area contributed by atoms with Crippen LogP contribution < -0.4 is 5.32 Å². The average Bonchev–Trinajstić information content (AvgIpc) is 2.81. The maximum Gasteiger partial charge on any atom is 0.435 e. The van der Waals surface area contributed by atoms with Gasteiger partial charge in [0.1, 0.15) is 17.5 Å². The number of hydrogen-bond acceptors (Lipinski definition) is 6. The van der Waals surface area contributed by atoms with Gasteiger partial charge in [0, 0.05) is 10.9 Å². The second-order valence-corrected chi connectivity index (χ2v) is 7.76. The Morgan fingerprint density at radius 1 is 1.08 bits per heavy atom. The minimum absolute atomic E-state index is 0.101. The van der Waals surface area contributed by atoms with Crippen LogP contribution in [0.3, 0.4) is 0 Å². The minimum atomic E-state index is -0.718. The Morgan fingerprint density at radius 2 is 1.69 bits per heavy atom. The van der Waals surface area contributed by atoms with Crippen molar-refractivity contribution in [2.45, 2.75) is 52.7 Å². The fraction of sp³-hybridized carbons (Fsp3) is 0.444. The second-order valence-electron chi connectivity index (χ2n) is 7.76. The minimum Gasteiger partial charge on any atom is -0.444 e. The van der Waals surface area contributed by atoms with Crippen LogP contribution in [0.15, 0.2) is 18.2 Å². The first-order valence-corrected chi connectivity index (χ1v) is 8.11. The van der Waals surface area contributed by atoms with E-state index in [4.69, 9.17) is 9.47 Å². The number of carbonyl (C=O) groups excluding carboxylic acids is 3. The molecule has 0 aliphatic heterocycles. The van der Waals surface area contributed by atoms with Crippen LogP contribution in [0, 0.1) is 0 Å². The summed E-state index contributed by atoms with van der Waals surface area (Å²) in [4.78, 5) is 35.6. The molecule has 0 saturated heterocycles. The molecule has 1 aromatic heterocycles. The van der Waals surface area contributed by atoms with E-state index in [2.05, 4.69) is 10.4 Å². The Kier molecular flexibility index (Phi) is 5.06. The number of ether oxygens (including phenoxy) is 2. The molecule has 2 rings (SSSR count). The Balaban J connectivity index is 2.47. The maximum atomic E-state index is 12.4. The van der Waals surface area contributed by atoms with Gasteiger partial charge in [0.15, 0.2) is 5.82 Å². The van der Waals surface area contributed by atoms with Crippen LogP contribution in [-0.4, -0.2) is 39.5 Å². The monoisotopic (exact) mass is 361 g/mol. The van der Waals surface area contributed by atoms with Gasteiger partial charge >= 0.3 is 12.2 Å². The van der Waals surface area contributed by atoms with E-state index in [9.17, 15) is 14.4 Å². The third-order valence-corrected chi connectivity index (χ3v) is 3.03. The van der Waals surface area contributed by atoms with Crippen LogP contribution in [0.25, 0.3) is 10.9 Å². The number of carbonyl (C=O) groups is 3. The van der Waals surface area contributed by atoms with Crippen molar-refractivity contribution in [2.75, 3.05) is 5.32 Å². The van der Waals surface area contributed by atoms with Crippen molar-refractivity contribution in [1.82, 2.24) is 9.78 Å². The fourth-order valence-electron chi connectivity index (χ4n) is 2.15. The summed E-state index contributed by atoms with van der Waals surface area (Å²) in [5, 5.41) is 7.07. The molecule has 0 aliphatic carbocycles. The zero-order valence-electron chi connectivity index (χ0n) is 15.7. The summed E-state index contributed by atoms with van der Waals surface area (Å²) in [7, 11) is 0. The van der Waals surface area contributed by atoms with Crippen molar-refractivity contribution in [3.8, 4) is 0 Å². The maximum absolute atomic E-state index is 12.4. The Bertz CT molecular complexity index is 856. The van der Waals surface area contributed by atoms with E-state index >= 15 is 0 Å². The molecule has 1 aromatic carbocycles. The standard InChI is InChI=1S/C18H23N3O5/c1-17(2,3)25-15(23)19-14-12-9-11(10-22)7-8-13(12)21(20-14)16(24)26-18(4,5)6/h7-10H,1-6H3,(H,19,20,23). The van der Waals surface area contributed by atoms with Gasteiger partial charge in [-0.15, -0.1) is 5.10 Å². The highest BCUT2D eigenvalue weighted by molar-refractivity contribution is 6.02. The quantitative estimate of drug-likeness (QED) is 0.812. The number of aromatic nitrogens is 2. The third-order valence-electron chi connectivity index (χ3n) is 3.03. The molecular formula is C18H23N3O5. The topological polar surface area (TPSA) is 99.5 Å². The molecule has 26 heavy (non-hydrogen) atoms. The number of nitrogens with one attached hydrogen (secondary N) is 1. The number of fused-ring (bicyclic) bond motifs is 1. The highest BCUT2D eigenvalue weighted by Gasteiger charge is 2.24. The number of benzene rings is 1. The van der Waals surface area contributed by atoms with Crippen LogP contribution in [0.4, 0.5) is 15.4 Å². The van der Waals surface area contributed by atoms with Gasteiger partial charge in [-0.05, 0) is 59.7 Å². The van der Waals surface area contributed by atoms with Crippen LogP contribution in [-0.2, 0) is 9.47 Å². The van der Waals surface area contributed by atoms with E-state index < -0.39 is 23.4 Å². The summed E-state index contributed by atoms with van der Waals surface area (Å²) in [6, 6.07) is 4.65. The highest BCUT2D eigenvalue weighted by atomic mass is 16.6. The lowest BCUT2D eigenvalue weighted by Gasteiger charge is -2.19. The molecule has 1 heterocycles. The van der Waals surface area contributed by atoms with Crippen molar-refractivity contribution < 1.29 is 23.9 Å². The van der Waals surface area contributed by atoms with E-state index in [0.29, 0.717) is 22.8 Å². The summed E-state index contributed by atoms with van der Waals surface area (Å²) >= 11 is 0. The predicted octanol–water partition coefficient (Wildman–Crippen LogP) is 3.98. The smallest absolute Gasteiger partial charge is 0.435 e. The molecule has 0 unspecified atom stereocenters. The van der Waals surface area contributed by atoms with Gasteiger partial charge < -0.3 is 9.47 Å². The summed E-state index contributed by atoms with van der Waals surface area (Å²) in [6.07, 6.45) is -0.745. The third kappa shape index (κ3) is 4.81. The molecule has 1 N–H and O–H groups in total.